The number of nitrogens with zero attached hydrogens (tertiary/aromatic N) is 3. The lowest BCUT2D eigenvalue weighted by Crippen LogP contribution is -2.22. The zero-order chi connectivity index (χ0) is 22.9. The summed E-state index contributed by atoms with van der Waals surface area (Å²) in [5.74, 6) is -0.999. The maximum Gasteiger partial charge on any atom is 0.422 e. The molecule has 1 amide bonds. The van der Waals surface area contributed by atoms with E-state index in [9.17, 15) is 22.8 Å². The van der Waals surface area contributed by atoms with Crippen molar-refractivity contribution in [1.82, 2.24) is 19.9 Å². The maximum absolute atomic E-state index is 12.5. The Balaban J connectivity index is 1.49. The van der Waals surface area contributed by atoms with E-state index in [0.717, 1.165) is 5.56 Å². The Morgan fingerprint density at radius 3 is 2.84 bits per heavy atom. The van der Waals surface area contributed by atoms with Crippen LogP contribution in [0.1, 0.15) is 27.2 Å². The van der Waals surface area contributed by atoms with Crippen LogP contribution in [-0.4, -0.2) is 39.3 Å². The maximum atomic E-state index is 12.5. The first-order chi connectivity index (χ1) is 15.2. The fourth-order valence-corrected chi connectivity index (χ4v) is 3.28. The van der Waals surface area contributed by atoms with Crippen LogP contribution < -0.4 is 5.32 Å². The van der Waals surface area contributed by atoms with Crippen molar-refractivity contribution in [3.63, 3.8) is 0 Å². The second kappa shape index (κ2) is 8.33. The summed E-state index contributed by atoms with van der Waals surface area (Å²) >= 11 is 0. The van der Waals surface area contributed by atoms with Gasteiger partial charge in [-0.25, -0.2) is 9.50 Å². The average Bonchev–Trinajstić information content (AvgIpc) is 3.34. The zero-order valence-corrected chi connectivity index (χ0v) is 16.8. The first-order valence-electron chi connectivity index (χ1n) is 9.50. The highest BCUT2D eigenvalue weighted by atomic mass is 19.4. The number of hydrogen-bond donors (Lipinski definition) is 1. The number of ether oxygens (including phenoxy) is 1. The van der Waals surface area contributed by atoms with Gasteiger partial charge in [-0.05, 0) is 30.7 Å². The van der Waals surface area contributed by atoms with Crippen LogP contribution in [0.3, 0.4) is 0 Å². The molecule has 0 saturated carbocycles. The van der Waals surface area contributed by atoms with Crippen molar-refractivity contribution in [2.75, 3.05) is 6.61 Å². The smallest absolute Gasteiger partial charge is 0.422 e. The van der Waals surface area contributed by atoms with Crippen molar-refractivity contribution in [2.24, 2.45) is 0 Å². The van der Waals surface area contributed by atoms with Crippen LogP contribution in [0.15, 0.2) is 47.3 Å². The number of rotatable bonds is 6. The van der Waals surface area contributed by atoms with Gasteiger partial charge in [-0.1, -0.05) is 6.07 Å². The second-order valence-electron chi connectivity index (χ2n) is 7.14. The molecule has 0 aliphatic heterocycles. The molecule has 32 heavy (non-hydrogen) atoms. The Morgan fingerprint density at radius 1 is 1.25 bits per heavy atom. The van der Waals surface area contributed by atoms with E-state index in [1.807, 2.05) is 6.07 Å². The number of carbonyl (C=O) groups is 2. The molecule has 0 fully saturated rings. The topological polar surface area (TPSA) is 98.7 Å². The number of alkyl halides is 3. The van der Waals surface area contributed by atoms with Gasteiger partial charge in [0.05, 0.1) is 19.2 Å². The van der Waals surface area contributed by atoms with Crippen molar-refractivity contribution >= 4 is 28.5 Å². The standard InChI is InChI=1S/C21H17F3N4O4/c1-12-5-13-7-15(9-26-20(30)16-10-27-28-4-2-3-25-19(16)28)32-18(13)14(6-12)8-17(29)31-11-21(22,23)24/h2-7,10H,8-9,11H2,1H3,(H,26,30). The summed E-state index contributed by atoms with van der Waals surface area (Å²) in [5.41, 5.74) is 2.25. The van der Waals surface area contributed by atoms with Gasteiger partial charge in [-0.2, -0.15) is 18.3 Å². The molecule has 11 heteroatoms. The molecule has 0 spiro atoms. The van der Waals surface area contributed by atoms with Gasteiger partial charge >= 0.3 is 12.1 Å². The van der Waals surface area contributed by atoms with E-state index in [4.69, 9.17) is 4.42 Å². The molecular formula is C21H17F3N4O4. The summed E-state index contributed by atoms with van der Waals surface area (Å²) in [4.78, 5) is 28.5. The Labute approximate surface area is 179 Å². The minimum Gasteiger partial charge on any atom is -0.459 e. The largest absolute Gasteiger partial charge is 0.459 e. The van der Waals surface area contributed by atoms with Gasteiger partial charge in [-0.15, -0.1) is 0 Å². The van der Waals surface area contributed by atoms with Crippen molar-refractivity contribution in [1.29, 1.82) is 0 Å². The summed E-state index contributed by atoms with van der Waals surface area (Å²) in [6.45, 7) is 0.194. The van der Waals surface area contributed by atoms with E-state index in [1.165, 1.54) is 10.7 Å². The second-order valence-corrected chi connectivity index (χ2v) is 7.14. The quantitative estimate of drug-likeness (QED) is 0.456. The van der Waals surface area contributed by atoms with Gasteiger partial charge in [0.25, 0.3) is 5.91 Å². The first kappa shape index (κ1) is 21.3. The number of esters is 1. The molecule has 0 bridgehead atoms. The highest BCUT2D eigenvalue weighted by Crippen LogP contribution is 2.26. The van der Waals surface area contributed by atoms with Gasteiger partial charge in [-0.3, -0.25) is 9.59 Å². The third-order valence-electron chi connectivity index (χ3n) is 4.57. The first-order valence-corrected chi connectivity index (χ1v) is 9.50. The van der Waals surface area contributed by atoms with Crippen molar-refractivity contribution in [3.05, 3.63) is 65.3 Å². The normalized spacial score (nSPS) is 11.8. The fourth-order valence-electron chi connectivity index (χ4n) is 3.28. The Kier molecular flexibility index (Phi) is 5.56. The highest BCUT2D eigenvalue weighted by molar-refractivity contribution is 5.99. The van der Waals surface area contributed by atoms with Gasteiger partial charge < -0.3 is 14.5 Å². The van der Waals surface area contributed by atoms with Crippen LogP contribution in [0.25, 0.3) is 16.6 Å². The minimum atomic E-state index is -4.59. The monoisotopic (exact) mass is 446 g/mol. The van der Waals surface area contributed by atoms with Gasteiger partial charge in [0, 0.05) is 23.3 Å². The van der Waals surface area contributed by atoms with E-state index in [-0.39, 0.29) is 13.0 Å². The number of aromatic nitrogens is 3. The Bertz CT molecular complexity index is 1310. The number of amides is 1. The number of fused-ring (bicyclic) bond motifs is 2. The molecule has 3 heterocycles. The third kappa shape index (κ3) is 4.71. The summed E-state index contributed by atoms with van der Waals surface area (Å²) in [6.07, 6.45) is -0.339. The van der Waals surface area contributed by atoms with E-state index in [0.29, 0.717) is 33.5 Å². The van der Waals surface area contributed by atoms with E-state index in [2.05, 4.69) is 20.1 Å². The van der Waals surface area contributed by atoms with E-state index < -0.39 is 24.7 Å². The minimum absolute atomic E-state index is 0.0503. The third-order valence-corrected chi connectivity index (χ3v) is 4.57. The van der Waals surface area contributed by atoms with E-state index in [1.54, 1.807) is 37.5 Å². The molecule has 0 aliphatic rings. The van der Waals surface area contributed by atoms with Crippen molar-refractivity contribution < 1.29 is 31.9 Å². The predicted octanol–water partition coefficient (Wildman–Crippen LogP) is 3.36. The van der Waals surface area contributed by atoms with Crippen molar-refractivity contribution in [2.45, 2.75) is 26.1 Å². The molecule has 4 aromatic rings. The van der Waals surface area contributed by atoms with Gasteiger partial charge in [0.15, 0.2) is 12.3 Å². The van der Waals surface area contributed by atoms with Gasteiger partial charge in [0.1, 0.15) is 16.9 Å². The predicted molar refractivity (Wildman–Crippen MR) is 106 cm³/mol. The molecule has 0 unspecified atom stereocenters. The van der Waals surface area contributed by atoms with E-state index >= 15 is 0 Å². The Hall–Kier alpha value is -3.89. The number of halogens is 3. The number of furan rings is 1. The lowest BCUT2D eigenvalue weighted by atomic mass is 10.1. The highest BCUT2D eigenvalue weighted by Gasteiger charge is 2.29. The molecule has 0 aliphatic carbocycles. The molecule has 1 N–H and O–H groups in total. The van der Waals surface area contributed by atoms with Crippen LogP contribution in [0.4, 0.5) is 13.2 Å². The summed E-state index contributed by atoms with van der Waals surface area (Å²) in [6, 6.07) is 6.84. The zero-order valence-electron chi connectivity index (χ0n) is 16.8. The van der Waals surface area contributed by atoms with Crippen LogP contribution in [0.5, 0.6) is 0 Å². The van der Waals surface area contributed by atoms with Crippen LogP contribution in [0.2, 0.25) is 0 Å². The average molecular weight is 446 g/mol. The fraction of sp³-hybridized carbons (Fsp3) is 0.238. The summed E-state index contributed by atoms with van der Waals surface area (Å²) in [7, 11) is 0. The molecule has 0 radical (unpaired) electrons. The van der Waals surface area contributed by atoms with Crippen LogP contribution in [-0.2, 0) is 22.5 Å². The molecule has 166 valence electrons. The molecule has 4 rings (SSSR count). The number of carbonyl (C=O) groups excluding carboxylic acids is 2. The number of aryl methyl sites for hydroxylation is 1. The molecule has 0 atom stereocenters. The number of benzene rings is 1. The van der Waals surface area contributed by atoms with Crippen LogP contribution in [0, 0.1) is 6.92 Å². The summed E-state index contributed by atoms with van der Waals surface area (Å²) < 4.78 is 48.4. The van der Waals surface area contributed by atoms with Gasteiger partial charge in [0.2, 0.25) is 0 Å². The molecule has 1 aromatic carbocycles. The Morgan fingerprint density at radius 2 is 2.06 bits per heavy atom. The summed E-state index contributed by atoms with van der Waals surface area (Å²) in [5, 5.41) is 7.45. The number of hydrogen-bond acceptors (Lipinski definition) is 6. The lowest BCUT2D eigenvalue weighted by molar-refractivity contribution is -0.185. The molecular weight excluding hydrogens is 429 g/mol. The SMILES string of the molecule is Cc1cc(CC(=O)OCC(F)(F)F)c2oc(CNC(=O)c3cnn4cccnc34)cc2c1. The lowest BCUT2D eigenvalue weighted by Gasteiger charge is -2.08. The number of nitrogens with one attached hydrogen (secondary N) is 1. The van der Waals surface area contributed by atoms with Crippen LogP contribution >= 0.6 is 0 Å². The molecule has 3 aromatic heterocycles. The molecule has 8 nitrogen and oxygen atoms in total. The van der Waals surface area contributed by atoms with Crippen molar-refractivity contribution in [3.8, 4) is 0 Å². The molecule has 0 saturated heterocycles.